The Hall–Kier alpha value is -1.43. The molecule has 3 rings (SSSR count). The van der Waals surface area contributed by atoms with E-state index in [1.54, 1.807) is 24.3 Å². The lowest BCUT2D eigenvalue weighted by molar-refractivity contribution is -0.115. The van der Waals surface area contributed by atoms with Gasteiger partial charge in [-0.15, -0.1) is 0 Å². The van der Waals surface area contributed by atoms with Crippen LogP contribution >= 0.6 is 39.1 Å². The number of hydrogen-bond acceptors (Lipinski definition) is 3. The van der Waals surface area contributed by atoms with Crippen LogP contribution in [0.2, 0.25) is 10.0 Å². The largest absolute Gasteiger partial charge is 0.486 e. The van der Waals surface area contributed by atoms with Crippen LogP contribution in [0.1, 0.15) is 5.56 Å². The molecule has 2 aromatic rings. The molecule has 0 saturated carbocycles. The molecule has 4 nitrogen and oxygen atoms in total. The number of benzene rings is 2. The van der Waals surface area contributed by atoms with Crippen LogP contribution in [0.25, 0.3) is 0 Å². The number of carbonyl (C=O) groups is 1. The molecule has 0 bridgehead atoms. The standard InChI is InChI=1S/C16H12BrCl2NO3/c17-10-8-14-13(22-4-5-23-14)6-9(10)7-15(21)20-12-3-1-2-11(18)16(12)19/h1-3,6,8H,4-5,7H2,(H,20,21). The molecule has 0 saturated heterocycles. The van der Waals surface area contributed by atoms with Gasteiger partial charge in [-0.05, 0) is 29.8 Å². The SMILES string of the molecule is O=C(Cc1cc2c(cc1Br)OCCO2)Nc1cccc(Cl)c1Cl. The monoisotopic (exact) mass is 415 g/mol. The smallest absolute Gasteiger partial charge is 0.228 e. The zero-order chi connectivity index (χ0) is 16.4. The summed E-state index contributed by atoms with van der Waals surface area (Å²) in [6.45, 7) is 1.02. The van der Waals surface area contributed by atoms with Crippen molar-refractivity contribution in [3.8, 4) is 11.5 Å². The highest BCUT2D eigenvalue weighted by Crippen LogP contribution is 2.36. The van der Waals surface area contributed by atoms with E-state index in [0.717, 1.165) is 10.0 Å². The number of rotatable bonds is 3. The Morgan fingerprint density at radius 1 is 1.17 bits per heavy atom. The van der Waals surface area contributed by atoms with E-state index < -0.39 is 0 Å². The van der Waals surface area contributed by atoms with Gasteiger partial charge >= 0.3 is 0 Å². The van der Waals surface area contributed by atoms with E-state index in [4.69, 9.17) is 32.7 Å². The molecule has 2 aromatic carbocycles. The van der Waals surface area contributed by atoms with Crippen LogP contribution in [-0.2, 0) is 11.2 Å². The summed E-state index contributed by atoms with van der Waals surface area (Å²) in [4.78, 5) is 12.3. The first-order chi connectivity index (χ1) is 11.0. The maximum absolute atomic E-state index is 12.3. The van der Waals surface area contributed by atoms with Crippen LogP contribution < -0.4 is 14.8 Å². The minimum atomic E-state index is -0.202. The summed E-state index contributed by atoms with van der Waals surface area (Å²) >= 11 is 15.5. The first-order valence-corrected chi connectivity index (χ1v) is 8.41. The molecule has 0 atom stereocenters. The number of nitrogens with one attached hydrogen (secondary N) is 1. The van der Waals surface area contributed by atoms with E-state index in [2.05, 4.69) is 21.2 Å². The van der Waals surface area contributed by atoms with Crippen molar-refractivity contribution in [2.45, 2.75) is 6.42 Å². The van der Waals surface area contributed by atoms with Crippen molar-refractivity contribution in [1.82, 2.24) is 0 Å². The van der Waals surface area contributed by atoms with Gasteiger partial charge in [0.1, 0.15) is 13.2 Å². The lowest BCUT2D eigenvalue weighted by Crippen LogP contribution is -2.17. The van der Waals surface area contributed by atoms with Gasteiger partial charge in [-0.25, -0.2) is 0 Å². The van der Waals surface area contributed by atoms with E-state index in [1.807, 2.05) is 6.07 Å². The fourth-order valence-corrected chi connectivity index (χ4v) is 3.02. The van der Waals surface area contributed by atoms with Crippen LogP contribution in [0.3, 0.4) is 0 Å². The molecular formula is C16H12BrCl2NO3. The molecule has 0 spiro atoms. The van der Waals surface area contributed by atoms with Gasteiger partial charge in [-0.3, -0.25) is 4.79 Å². The van der Waals surface area contributed by atoms with Gasteiger partial charge in [0, 0.05) is 4.47 Å². The van der Waals surface area contributed by atoms with Crippen molar-refractivity contribution < 1.29 is 14.3 Å². The third-order valence-corrected chi connectivity index (χ3v) is 4.85. The summed E-state index contributed by atoms with van der Waals surface area (Å²) in [6, 6.07) is 8.70. The van der Waals surface area contributed by atoms with Gasteiger partial charge in [-0.1, -0.05) is 45.2 Å². The quantitative estimate of drug-likeness (QED) is 0.788. The number of carbonyl (C=O) groups excluding carboxylic acids is 1. The Labute approximate surface area is 151 Å². The van der Waals surface area contributed by atoms with Gasteiger partial charge in [-0.2, -0.15) is 0 Å². The molecule has 0 fully saturated rings. The Morgan fingerprint density at radius 2 is 1.87 bits per heavy atom. The molecule has 7 heteroatoms. The molecule has 1 aliphatic heterocycles. The molecule has 0 aliphatic carbocycles. The number of fused-ring (bicyclic) bond motifs is 1. The van der Waals surface area contributed by atoms with E-state index in [0.29, 0.717) is 40.4 Å². The molecule has 0 aromatic heterocycles. The summed E-state index contributed by atoms with van der Waals surface area (Å²) < 4.78 is 11.8. The van der Waals surface area contributed by atoms with Crippen LogP contribution in [0.4, 0.5) is 5.69 Å². The number of hydrogen-bond donors (Lipinski definition) is 1. The maximum atomic E-state index is 12.3. The Morgan fingerprint density at radius 3 is 2.61 bits per heavy atom. The maximum Gasteiger partial charge on any atom is 0.228 e. The zero-order valence-electron chi connectivity index (χ0n) is 11.9. The molecule has 0 unspecified atom stereocenters. The summed E-state index contributed by atoms with van der Waals surface area (Å²) in [7, 11) is 0. The number of amides is 1. The third-order valence-electron chi connectivity index (χ3n) is 3.29. The normalized spacial score (nSPS) is 12.8. The molecule has 1 heterocycles. The van der Waals surface area contributed by atoms with Crippen LogP contribution in [0.5, 0.6) is 11.5 Å². The van der Waals surface area contributed by atoms with Gasteiger partial charge in [0.05, 0.1) is 22.2 Å². The molecule has 1 amide bonds. The Balaban J connectivity index is 1.76. The number of ether oxygens (including phenoxy) is 2. The van der Waals surface area contributed by atoms with Crippen molar-refractivity contribution >= 4 is 50.7 Å². The van der Waals surface area contributed by atoms with E-state index >= 15 is 0 Å². The van der Waals surface area contributed by atoms with Crippen LogP contribution in [0.15, 0.2) is 34.8 Å². The average molecular weight is 417 g/mol. The second-order valence-electron chi connectivity index (χ2n) is 4.91. The van der Waals surface area contributed by atoms with Crippen molar-refractivity contribution in [1.29, 1.82) is 0 Å². The second-order valence-corrected chi connectivity index (χ2v) is 6.55. The van der Waals surface area contributed by atoms with Gasteiger partial charge in [0.25, 0.3) is 0 Å². The zero-order valence-corrected chi connectivity index (χ0v) is 15.0. The lowest BCUT2D eigenvalue weighted by atomic mass is 10.1. The van der Waals surface area contributed by atoms with Crippen LogP contribution in [-0.4, -0.2) is 19.1 Å². The second kappa shape index (κ2) is 6.99. The third kappa shape index (κ3) is 3.74. The molecular weight excluding hydrogens is 405 g/mol. The van der Waals surface area contributed by atoms with Crippen molar-refractivity contribution in [3.05, 3.63) is 50.4 Å². The molecule has 0 radical (unpaired) electrons. The summed E-state index contributed by atoms with van der Waals surface area (Å²) in [5.41, 5.74) is 1.28. The van der Waals surface area contributed by atoms with Crippen molar-refractivity contribution in [2.24, 2.45) is 0 Å². The van der Waals surface area contributed by atoms with Crippen molar-refractivity contribution in [3.63, 3.8) is 0 Å². The average Bonchev–Trinajstić information content (AvgIpc) is 2.52. The molecule has 23 heavy (non-hydrogen) atoms. The van der Waals surface area contributed by atoms with Crippen LogP contribution in [0, 0.1) is 0 Å². The van der Waals surface area contributed by atoms with Gasteiger partial charge in [0.2, 0.25) is 5.91 Å². The van der Waals surface area contributed by atoms with E-state index in [-0.39, 0.29) is 12.3 Å². The Kier molecular flexibility index (Phi) is 4.99. The minimum Gasteiger partial charge on any atom is -0.486 e. The highest BCUT2D eigenvalue weighted by molar-refractivity contribution is 9.10. The van der Waals surface area contributed by atoms with E-state index in [9.17, 15) is 4.79 Å². The highest BCUT2D eigenvalue weighted by Gasteiger charge is 2.17. The van der Waals surface area contributed by atoms with Crippen molar-refractivity contribution in [2.75, 3.05) is 18.5 Å². The molecule has 1 N–H and O–H groups in total. The number of anilines is 1. The number of halogens is 3. The molecule has 120 valence electrons. The first-order valence-electron chi connectivity index (χ1n) is 6.86. The summed E-state index contributed by atoms with van der Waals surface area (Å²) in [5, 5.41) is 3.47. The van der Waals surface area contributed by atoms with E-state index in [1.165, 1.54) is 0 Å². The minimum absolute atomic E-state index is 0.167. The predicted octanol–water partition coefficient (Wildman–Crippen LogP) is 4.71. The fraction of sp³-hybridized carbons (Fsp3) is 0.188. The predicted molar refractivity (Wildman–Crippen MR) is 93.9 cm³/mol. The van der Waals surface area contributed by atoms with Gasteiger partial charge in [0.15, 0.2) is 11.5 Å². The topological polar surface area (TPSA) is 47.6 Å². The lowest BCUT2D eigenvalue weighted by Gasteiger charge is -2.20. The highest BCUT2D eigenvalue weighted by atomic mass is 79.9. The summed E-state index contributed by atoms with van der Waals surface area (Å²) in [5.74, 6) is 1.11. The van der Waals surface area contributed by atoms with Gasteiger partial charge < -0.3 is 14.8 Å². The molecule has 1 aliphatic rings. The Bertz CT molecular complexity index is 767. The first kappa shape index (κ1) is 16.4. The fourth-order valence-electron chi connectivity index (χ4n) is 2.21. The summed E-state index contributed by atoms with van der Waals surface area (Å²) in [6.07, 6.45) is 0.167.